The third kappa shape index (κ3) is 1.75. The van der Waals surface area contributed by atoms with Gasteiger partial charge in [0.2, 0.25) is 0 Å². The van der Waals surface area contributed by atoms with E-state index in [1.54, 1.807) is 7.11 Å². The molecule has 2 nitrogen and oxygen atoms in total. The van der Waals surface area contributed by atoms with Crippen LogP contribution < -0.4 is 10.1 Å². The first-order chi connectivity index (χ1) is 8.31. The maximum Gasteiger partial charge on any atom is 0.125 e. The van der Waals surface area contributed by atoms with Crippen molar-refractivity contribution in [2.75, 3.05) is 13.7 Å². The predicted molar refractivity (Wildman–Crippen MR) is 69.8 cm³/mol. The van der Waals surface area contributed by atoms with Gasteiger partial charge in [-0.15, -0.1) is 0 Å². The lowest BCUT2D eigenvalue weighted by molar-refractivity contribution is 0.313. The van der Waals surface area contributed by atoms with Crippen molar-refractivity contribution in [3.05, 3.63) is 28.8 Å². The first kappa shape index (κ1) is 11.1. The average molecular weight is 231 g/mol. The van der Waals surface area contributed by atoms with Gasteiger partial charge in [-0.05, 0) is 61.8 Å². The molecule has 2 aliphatic rings. The normalized spacial score (nSPS) is 27.2. The second-order valence-corrected chi connectivity index (χ2v) is 5.33. The molecule has 0 radical (unpaired) electrons. The standard InChI is InChI=1S/C15H21NO/c1-10-5-6-11-12-4-3-9-16-14(12)8-7-13(11)15(10)17-2/h5-6,12,14,16H,3-4,7-9H2,1-2H3/t12-,14+/m1/s1. The minimum Gasteiger partial charge on any atom is -0.496 e. The van der Waals surface area contributed by atoms with Gasteiger partial charge in [0, 0.05) is 6.04 Å². The van der Waals surface area contributed by atoms with Gasteiger partial charge < -0.3 is 10.1 Å². The Morgan fingerprint density at radius 2 is 2.18 bits per heavy atom. The van der Waals surface area contributed by atoms with Gasteiger partial charge >= 0.3 is 0 Å². The second kappa shape index (κ2) is 4.34. The minimum atomic E-state index is 0.698. The lowest BCUT2D eigenvalue weighted by atomic mass is 9.74. The highest BCUT2D eigenvalue weighted by Crippen LogP contribution is 2.41. The Kier molecular flexibility index (Phi) is 2.83. The summed E-state index contributed by atoms with van der Waals surface area (Å²) >= 11 is 0. The van der Waals surface area contributed by atoms with E-state index in [0.717, 1.165) is 12.2 Å². The molecule has 3 rings (SSSR count). The van der Waals surface area contributed by atoms with E-state index in [9.17, 15) is 0 Å². The van der Waals surface area contributed by atoms with Gasteiger partial charge in [0.1, 0.15) is 5.75 Å². The molecule has 0 saturated carbocycles. The fourth-order valence-electron chi connectivity index (χ4n) is 3.58. The van der Waals surface area contributed by atoms with Crippen molar-refractivity contribution < 1.29 is 4.74 Å². The molecule has 0 bridgehead atoms. The molecule has 1 fully saturated rings. The first-order valence-electron chi connectivity index (χ1n) is 6.71. The maximum atomic E-state index is 5.60. The van der Waals surface area contributed by atoms with E-state index in [2.05, 4.69) is 24.4 Å². The zero-order valence-corrected chi connectivity index (χ0v) is 10.8. The van der Waals surface area contributed by atoms with Gasteiger partial charge in [0.25, 0.3) is 0 Å². The van der Waals surface area contributed by atoms with Crippen LogP contribution in [0.1, 0.15) is 41.9 Å². The SMILES string of the molecule is COc1c(C)ccc2c1CC[C@@H]1NCCC[C@H]21. The van der Waals surface area contributed by atoms with Crippen LogP contribution in [0.3, 0.4) is 0 Å². The van der Waals surface area contributed by atoms with Crippen molar-refractivity contribution in [1.82, 2.24) is 5.32 Å². The summed E-state index contributed by atoms with van der Waals surface area (Å²) in [5.41, 5.74) is 4.28. The molecule has 2 heteroatoms. The van der Waals surface area contributed by atoms with E-state index in [4.69, 9.17) is 4.74 Å². The number of nitrogens with one attached hydrogen (secondary N) is 1. The van der Waals surface area contributed by atoms with Crippen LogP contribution in [0.5, 0.6) is 5.75 Å². The Morgan fingerprint density at radius 3 is 3.00 bits per heavy atom. The molecule has 1 aliphatic carbocycles. The largest absolute Gasteiger partial charge is 0.496 e. The van der Waals surface area contributed by atoms with Crippen LogP contribution in [0.2, 0.25) is 0 Å². The van der Waals surface area contributed by atoms with Gasteiger partial charge in [-0.3, -0.25) is 0 Å². The van der Waals surface area contributed by atoms with Crippen molar-refractivity contribution in [2.24, 2.45) is 0 Å². The molecule has 0 unspecified atom stereocenters. The summed E-state index contributed by atoms with van der Waals surface area (Å²) in [6, 6.07) is 5.25. The summed E-state index contributed by atoms with van der Waals surface area (Å²) in [5, 5.41) is 3.67. The Balaban J connectivity index is 2.05. The third-order valence-electron chi connectivity index (χ3n) is 4.39. The monoisotopic (exact) mass is 231 g/mol. The number of hydrogen-bond donors (Lipinski definition) is 1. The quantitative estimate of drug-likeness (QED) is 0.802. The number of aryl methyl sites for hydroxylation is 1. The zero-order chi connectivity index (χ0) is 11.8. The second-order valence-electron chi connectivity index (χ2n) is 5.33. The molecule has 0 spiro atoms. The summed E-state index contributed by atoms with van der Waals surface area (Å²) in [6.45, 7) is 3.34. The average Bonchev–Trinajstić information content (AvgIpc) is 2.38. The summed E-state index contributed by atoms with van der Waals surface area (Å²) < 4.78 is 5.60. The van der Waals surface area contributed by atoms with E-state index >= 15 is 0 Å². The fraction of sp³-hybridized carbons (Fsp3) is 0.600. The molecule has 0 aromatic heterocycles. The number of piperidine rings is 1. The molecule has 1 aromatic carbocycles. The van der Waals surface area contributed by atoms with Crippen molar-refractivity contribution >= 4 is 0 Å². The predicted octanol–water partition coefficient (Wildman–Crippen LogP) is 2.79. The van der Waals surface area contributed by atoms with Crippen LogP contribution in [0.25, 0.3) is 0 Å². The number of ether oxygens (including phenoxy) is 1. The number of rotatable bonds is 1. The van der Waals surface area contributed by atoms with Crippen LogP contribution in [-0.2, 0) is 6.42 Å². The van der Waals surface area contributed by atoms with E-state index < -0.39 is 0 Å². The van der Waals surface area contributed by atoms with Gasteiger partial charge in [-0.2, -0.15) is 0 Å². The highest BCUT2D eigenvalue weighted by molar-refractivity contribution is 5.49. The number of fused-ring (bicyclic) bond motifs is 3. The van der Waals surface area contributed by atoms with Gasteiger partial charge in [0.15, 0.2) is 0 Å². The molecule has 2 atom stereocenters. The van der Waals surface area contributed by atoms with E-state index in [0.29, 0.717) is 12.0 Å². The van der Waals surface area contributed by atoms with Crippen LogP contribution in [-0.4, -0.2) is 19.7 Å². The molecule has 1 heterocycles. The van der Waals surface area contributed by atoms with Gasteiger partial charge in [0.05, 0.1) is 7.11 Å². The van der Waals surface area contributed by atoms with Crippen LogP contribution >= 0.6 is 0 Å². The van der Waals surface area contributed by atoms with E-state index in [1.807, 2.05) is 0 Å². The number of methoxy groups -OCH3 is 1. The first-order valence-corrected chi connectivity index (χ1v) is 6.71. The maximum absolute atomic E-state index is 5.60. The van der Waals surface area contributed by atoms with Crippen molar-refractivity contribution in [3.8, 4) is 5.75 Å². The third-order valence-corrected chi connectivity index (χ3v) is 4.39. The molecule has 92 valence electrons. The Hall–Kier alpha value is -1.02. The van der Waals surface area contributed by atoms with Crippen molar-refractivity contribution in [3.63, 3.8) is 0 Å². The summed E-state index contributed by atoms with van der Waals surface area (Å²) in [6.07, 6.45) is 5.06. The fourth-order valence-corrected chi connectivity index (χ4v) is 3.58. The summed E-state index contributed by atoms with van der Waals surface area (Å²) in [5.74, 6) is 1.84. The van der Waals surface area contributed by atoms with Gasteiger partial charge in [-0.25, -0.2) is 0 Å². The smallest absolute Gasteiger partial charge is 0.125 e. The zero-order valence-electron chi connectivity index (χ0n) is 10.8. The molecule has 17 heavy (non-hydrogen) atoms. The van der Waals surface area contributed by atoms with Crippen LogP contribution in [0.4, 0.5) is 0 Å². The highest BCUT2D eigenvalue weighted by atomic mass is 16.5. The van der Waals surface area contributed by atoms with Crippen LogP contribution in [0.15, 0.2) is 12.1 Å². The molecular formula is C15H21NO. The van der Waals surface area contributed by atoms with Gasteiger partial charge in [-0.1, -0.05) is 12.1 Å². The Morgan fingerprint density at radius 1 is 1.29 bits per heavy atom. The molecular weight excluding hydrogens is 210 g/mol. The van der Waals surface area contributed by atoms with Crippen molar-refractivity contribution in [1.29, 1.82) is 0 Å². The molecule has 1 N–H and O–H groups in total. The minimum absolute atomic E-state index is 0.698. The summed E-state index contributed by atoms with van der Waals surface area (Å²) in [4.78, 5) is 0. The number of benzene rings is 1. The molecule has 1 aromatic rings. The molecule has 1 saturated heterocycles. The molecule has 0 amide bonds. The van der Waals surface area contributed by atoms with Crippen molar-refractivity contribution in [2.45, 2.75) is 44.6 Å². The summed E-state index contributed by atoms with van der Waals surface area (Å²) in [7, 11) is 1.80. The molecule has 1 aliphatic heterocycles. The van der Waals surface area contributed by atoms with Crippen LogP contribution in [0, 0.1) is 6.92 Å². The Bertz CT molecular complexity index is 427. The van der Waals surface area contributed by atoms with E-state index in [1.165, 1.54) is 42.5 Å². The topological polar surface area (TPSA) is 21.3 Å². The Labute approximate surface area is 103 Å². The number of hydrogen-bond acceptors (Lipinski definition) is 2. The highest BCUT2D eigenvalue weighted by Gasteiger charge is 2.32. The lowest BCUT2D eigenvalue weighted by Gasteiger charge is -2.38. The lowest BCUT2D eigenvalue weighted by Crippen LogP contribution is -2.42. The van der Waals surface area contributed by atoms with E-state index in [-0.39, 0.29) is 0 Å².